The van der Waals surface area contributed by atoms with Crippen molar-refractivity contribution in [3.8, 4) is 0 Å². The normalized spacial score (nSPS) is 20.4. The lowest BCUT2D eigenvalue weighted by atomic mass is 10.1. The maximum absolute atomic E-state index is 12.3. The van der Waals surface area contributed by atoms with E-state index in [4.69, 9.17) is 0 Å². The summed E-state index contributed by atoms with van der Waals surface area (Å²) in [7, 11) is 0. The number of amides is 1. The third kappa shape index (κ3) is 2.87. The molecule has 1 atom stereocenters. The predicted molar refractivity (Wildman–Crippen MR) is 72.2 cm³/mol. The van der Waals surface area contributed by atoms with Crippen molar-refractivity contribution in [2.24, 2.45) is 0 Å². The molecule has 1 amide bonds. The van der Waals surface area contributed by atoms with E-state index in [1.54, 1.807) is 0 Å². The number of piperazine rings is 1. The van der Waals surface area contributed by atoms with Crippen LogP contribution in [0.2, 0.25) is 0 Å². The Balaban J connectivity index is 2.15. The van der Waals surface area contributed by atoms with Gasteiger partial charge in [-0.2, -0.15) is 0 Å². The van der Waals surface area contributed by atoms with Crippen LogP contribution < -0.4 is 5.32 Å². The first kappa shape index (κ1) is 12.6. The molecule has 3 nitrogen and oxygen atoms in total. The van der Waals surface area contributed by atoms with Crippen molar-refractivity contribution in [2.75, 3.05) is 19.6 Å². The molecule has 92 valence electrons. The lowest BCUT2D eigenvalue weighted by Gasteiger charge is -2.32. The molecule has 1 aliphatic rings. The molecule has 0 radical (unpaired) electrons. The van der Waals surface area contributed by atoms with Crippen LogP contribution in [-0.4, -0.2) is 36.5 Å². The fourth-order valence-corrected chi connectivity index (χ4v) is 2.40. The van der Waals surface area contributed by atoms with Gasteiger partial charge in [-0.05, 0) is 31.5 Å². The Labute approximate surface area is 110 Å². The zero-order valence-electron chi connectivity index (χ0n) is 10.2. The molecule has 0 aliphatic carbocycles. The smallest absolute Gasteiger partial charge is 0.253 e. The summed E-state index contributed by atoms with van der Waals surface area (Å²) >= 11 is 3.47. The molecular formula is C13H17BrN2O. The van der Waals surface area contributed by atoms with Crippen LogP contribution in [0.3, 0.4) is 0 Å². The third-order valence-corrected chi connectivity index (χ3v) is 3.93. The molecule has 1 saturated heterocycles. The maximum atomic E-state index is 12.3. The minimum Gasteiger partial charge on any atom is -0.336 e. The molecule has 0 saturated carbocycles. The number of aryl methyl sites for hydroxylation is 1. The molecule has 1 N–H and O–H groups in total. The predicted octanol–water partition coefficient (Wildman–Crippen LogP) is 2.19. The summed E-state index contributed by atoms with van der Waals surface area (Å²) in [5.41, 5.74) is 1.91. The molecule has 0 unspecified atom stereocenters. The Hall–Kier alpha value is -0.870. The quantitative estimate of drug-likeness (QED) is 0.862. The first-order chi connectivity index (χ1) is 8.08. The van der Waals surface area contributed by atoms with Gasteiger partial charge in [0.1, 0.15) is 0 Å². The summed E-state index contributed by atoms with van der Waals surface area (Å²) < 4.78 is 0.992. The van der Waals surface area contributed by atoms with Crippen molar-refractivity contribution >= 4 is 21.8 Å². The fraction of sp³-hybridized carbons (Fsp3) is 0.462. The second-order valence-corrected chi connectivity index (χ2v) is 5.42. The minimum atomic E-state index is 0.124. The van der Waals surface area contributed by atoms with E-state index in [0.29, 0.717) is 6.04 Å². The van der Waals surface area contributed by atoms with Crippen LogP contribution in [0.15, 0.2) is 22.7 Å². The largest absolute Gasteiger partial charge is 0.336 e. The van der Waals surface area contributed by atoms with Gasteiger partial charge >= 0.3 is 0 Å². The highest BCUT2D eigenvalue weighted by Gasteiger charge is 2.21. The molecule has 17 heavy (non-hydrogen) atoms. The number of carbonyl (C=O) groups is 1. The number of nitrogens with one attached hydrogen (secondary N) is 1. The van der Waals surface area contributed by atoms with Crippen LogP contribution >= 0.6 is 15.9 Å². The van der Waals surface area contributed by atoms with Crippen LogP contribution in [0.1, 0.15) is 22.8 Å². The second kappa shape index (κ2) is 5.19. The Morgan fingerprint density at radius 3 is 2.94 bits per heavy atom. The first-order valence-electron chi connectivity index (χ1n) is 5.87. The zero-order valence-corrected chi connectivity index (χ0v) is 11.8. The van der Waals surface area contributed by atoms with Gasteiger partial charge in [0.2, 0.25) is 0 Å². The van der Waals surface area contributed by atoms with E-state index in [-0.39, 0.29) is 5.91 Å². The van der Waals surface area contributed by atoms with Crippen LogP contribution in [0.5, 0.6) is 0 Å². The van der Waals surface area contributed by atoms with Crippen LogP contribution in [-0.2, 0) is 0 Å². The Kier molecular flexibility index (Phi) is 3.84. The lowest BCUT2D eigenvalue weighted by molar-refractivity contribution is 0.0709. The summed E-state index contributed by atoms with van der Waals surface area (Å²) in [5, 5.41) is 3.34. The van der Waals surface area contributed by atoms with Gasteiger partial charge in [0.25, 0.3) is 5.91 Å². The summed E-state index contributed by atoms with van der Waals surface area (Å²) in [6.45, 7) is 6.56. The van der Waals surface area contributed by atoms with Crippen molar-refractivity contribution in [1.29, 1.82) is 0 Å². The van der Waals surface area contributed by atoms with Crippen LogP contribution in [0.4, 0.5) is 0 Å². The number of nitrogens with zero attached hydrogens (tertiary/aromatic N) is 1. The minimum absolute atomic E-state index is 0.124. The lowest BCUT2D eigenvalue weighted by Crippen LogP contribution is -2.51. The molecule has 1 heterocycles. The summed E-state index contributed by atoms with van der Waals surface area (Å²) in [6.07, 6.45) is 0. The first-order valence-corrected chi connectivity index (χ1v) is 6.66. The summed E-state index contributed by atoms with van der Waals surface area (Å²) in [4.78, 5) is 14.2. The van der Waals surface area contributed by atoms with Gasteiger partial charge in [0.15, 0.2) is 0 Å². The summed E-state index contributed by atoms with van der Waals surface area (Å²) in [6, 6.07) is 6.16. The monoisotopic (exact) mass is 296 g/mol. The van der Waals surface area contributed by atoms with Crippen molar-refractivity contribution in [2.45, 2.75) is 19.9 Å². The Bertz CT molecular complexity index is 433. The van der Waals surface area contributed by atoms with Crippen LogP contribution in [0.25, 0.3) is 0 Å². The van der Waals surface area contributed by atoms with E-state index in [9.17, 15) is 4.79 Å². The Morgan fingerprint density at radius 2 is 2.29 bits per heavy atom. The highest BCUT2D eigenvalue weighted by Crippen LogP contribution is 2.19. The van der Waals surface area contributed by atoms with Crippen molar-refractivity contribution in [1.82, 2.24) is 10.2 Å². The molecular weight excluding hydrogens is 280 g/mol. The van der Waals surface area contributed by atoms with Gasteiger partial charge in [-0.3, -0.25) is 4.79 Å². The van der Waals surface area contributed by atoms with Crippen molar-refractivity contribution < 1.29 is 4.79 Å². The summed E-state index contributed by atoms with van der Waals surface area (Å²) in [5.74, 6) is 0.124. The molecule has 0 bridgehead atoms. The molecule has 0 spiro atoms. The third-order valence-electron chi connectivity index (χ3n) is 3.07. The van der Waals surface area contributed by atoms with E-state index in [1.807, 2.05) is 30.0 Å². The molecule has 1 aliphatic heterocycles. The average Bonchev–Trinajstić information content (AvgIpc) is 2.32. The van der Waals surface area contributed by atoms with Gasteiger partial charge in [0, 0.05) is 35.7 Å². The number of halogens is 1. The van der Waals surface area contributed by atoms with Crippen LogP contribution in [0, 0.1) is 6.92 Å². The van der Waals surface area contributed by atoms with Gasteiger partial charge in [-0.15, -0.1) is 0 Å². The molecule has 0 aromatic heterocycles. The highest BCUT2D eigenvalue weighted by atomic mass is 79.9. The molecule has 1 fully saturated rings. The van der Waals surface area contributed by atoms with E-state index < -0.39 is 0 Å². The van der Waals surface area contributed by atoms with E-state index in [0.717, 1.165) is 35.2 Å². The van der Waals surface area contributed by atoms with Gasteiger partial charge < -0.3 is 10.2 Å². The number of benzene rings is 1. The SMILES string of the molecule is Cc1ccc(C(=O)N2CCN[C@H](C)C2)cc1Br. The fourth-order valence-electron chi connectivity index (χ4n) is 2.03. The van der Waals surface area contributed by atoms with Crippen molar-refractivity contribution in [3.63, 3.8) is 0 Å². The van der Waals surface area contributed by atoms with Crippen molar-refractivity contribution in [3.05, 3.63) is 33.8 Å². The van der Waals surface area contributed by atoms with E-state index in [1.165, 1.54) is 0 Å². The molecule has 1 aromatic rings. The maximum Gasteiger partial charge on any atom is 0.253 e. The highest BCUT2D eigenvalue weighted by molar-refractivity contribution is 9.10. The Morgan fingerprint density at radius 1 is 1.53 bits per heavy atom. The topological polar surface area (TPSA) is 32.3 Å². The van der Waals surface area contributed by atoms with E-state index >= 15 is 0 Å². The number of hydrogen-bond donors (Lipinski definition) is 1. The average molecular weight is 297 g/mol. The number of hydrogen-bond acceptors (Lipinski definition) is 2. The van der Waals surface area contributed by atoms with Gasteiger partial charge in [0.05, 0.1) is 0 Å². The number of carbonyl (C=O) groups excluding carboxylic acids is 1. The second-order valence-electron chi connectivity index (χ2n) is 4.57. The zero-order chi connectivity index (χ0) is 12.4. The number of rotatable bonds is 1. The molecule has 2 rings (SSSR count). The molecule has 4 heteroatoms. The van der Waals surface area contributed by atoms with Gasteiger partial charge in [-0.25, -0.2) is 0 Å². The molecule has 1 aromatic carbocycles. The standard InChI is InChI=1S/C13H17BrN2O/c1-9-3-4-11(7-12(9)14)13(17)16-6-5-15-10(2)8-16/h3-4,7,10,15H,5-6,8H2,1-2H3/t10-/m1/s1. The van der Waals surface area contributed by atoms with Gasteiger partial charge in [-0.1, -0.05) is 22.0 Å². The van der Waals surface area contributed by atoms with E-state index in [2.05, 4.69) is 28.2 Å².